The van der Waals surface area contributed by atoms with E-state index in [1.165, 1.54) is 0 Å². The van der Waals surface area contributed by atoms with E-state index in [-0.39, 0.29) is 0 Å². The molecule has 4 rings (SSSR count). The lowest BCUT2D eigenvalue weighted by Crippen LogP contribution is -2.36. The highest BCUT2D eigenvalue weighted by Gasteiger charge is 2.13. The Morgan fingerprint density at radius 3 is 2.73 bits per heavy atom. The molecule has 1 saturated heterocycles. The molecule has 0 spiro atoms. The molecule has 2 aromatic heterocycles. The first-order chi connectivity index (χ1) is 10.8. The smallest absolute Gasteiger partial charge is 0.148 e. The van der Waals surface area contributed by atoms with E-state index in [1.807, 2.05) is 30.1 Å². The Labute approximate surface area is 128 Å². The minimum atomic E-state index is 0.745. The lowest BCUT2D eigenvalue weighted by molar-refractivity contribution is 0.122. The molecule has 112 valence electrons. The van der Waals surface area contributed by atoms with Gasteiger partial charge in [0.15, 0.2) is 0 Å². The second-order valence-corrected chi connectivity index (χ2v) is 5.42. The number of hydrogen-bond donors (Lipinski definition) is 0. The summed E-state index contributed by atoms with van der Waals surface area (Å²) in [4.78, 5) is 15.7. The van der Waals surface area contributed by atoms with Gasteiger partial charge in [-0.1, -0.05) is 6.07 Å². The van der Waals surface area contributed by atoms with Crippen LogP contribution >= 0.6 is 0 Å². The molecule has 0 aliphatic carbocycles. The van der Waals surface area contributed by atoms with Crippen molar-refractivity contribution in [1.82, 2.24) is 19.5 Å². The molecule has 0 saturated carbocycles. The predicted molar refractivity (Wildman–Crippen MR) is 84.8 cm³/mol. The van der Waals surface area contributed by atoms with Crippen LogP contribution in [-0.4, -0.2) is 45.8 Å². The Morgan fingerprint density at radius 2 is 1.95 bits per heavy atom. The standard InChI is InChI=1S/C16H17N5O/c1-20-11-17-9-15(20)12-2-3-13-14(8-12)19-16(10-18-13)21-4-6-22-7-5-21/h2-3,8-11H,4-7H2,1H3. The van der Waals surface area contributed by atoms with E-state index in [9.17, 15) is 0 Å². The van der Waals surface area contributed by atoms with Crippen molar-refractivity contribution in [2.75, 3.05) is 31.2 Å². The van der Waals surface area contributed by atoms with Crippen molar-refractivity contribution in [3.8, 4) is 11.3 Å². The highest BCUT2D eigenvalue weighted by Crippen LogP contribution is 2.23. The first-order valence-corrected chi connectivity index (χ1v) is 7.37. The van der Waals surface area contributed by atoms with Crippen LogP contribution in [-0.2, 0) is 11.8 Å². The van der Waals surface area contributed by atoms with E-state index in [0.29, 0.717) is 0 Å². The first kappa shape index (κ1) is 13.2. The molecular formula is C16H17N5O. The summed E-state index contributed by atoms with van der Waals surface area (Å²) in [5.41, 5.74) is 3.98. The highest BCUT2D eigenvalue weighted by atomic mass is 16.5. The Balaban J connectivity index is 1.76. The van der Waals surface area contributed by atoms with Crippen molar-refractivity contribution in [1.29, 1.82) is 0 Å². The van der Waals surface area contributed by atoms with E-state index in [0.717, 1.165) is 54.4 Å². The van der Waals surface area contributed by atoms with Crippen LogP contribution in [0.2, 0.25) is 0 Å². The molecule has 0 N–H and O–H groups in total. The van der Waals surface area contributed by atoms with E-state index in [4.69, 9.17) is 9.72 Å². The average molecular weight is 295 g/mol. The maximum atomic E-state index is 5.39. The molecule has 0 radical (unpaired) electrons. The number of rotatable bonds is 2. The first-order valence-electron chi connectivity index (χ1n) is 7.37. The summed E-state index contributed by atoms with van der Waals surface area (Å²) in [5.74, 6) is 0.915. The summed E-state index contributed by atoms with van der Waals surface area (Å²) in [5, 5.41) is 0. The Morgan fingerprint density at radius 1 is 1.09 bits per heavy atom. The van der Waals surface area contributed by atoms with Gasteiger partial charge in [-0.25, -0.2) is 9.97 Å². The van der Waals surface area contributed by atoms with Crippen LogP contribution < -0.4 is 4.90 Å². The SMILES string of the molecule is Cn1cncc1-c1ccc2ncc(N3CCOCC3)nc2c1. The topological polar surface area (TPSA) is 56.1 Å². The maximum absolute atomic E-state index is 5.39. The number of nitrogens with zero attached hydrogens (tertiary/aromatic N) is 5. The lowest BCUT2D eigenvalue weighted by atomic mass is 10.1. The molecule has 6 heteroatoms. The quantitative estimate of drug-likeness (QED) is 0.722. The van der Waals surface area contributed by atoms with Gasteiger partial charge in [-0.15, -0.1) is 0 Å². The number of imidazole rings is 1. The van der Waals surface area contributed by atoms with Crippen molar-refractivity contribution in [2.45, 2.75) is 0 Å². The fourth-order valence-electron chi connectivity index (χ4n) is 2.74. The van der Waals surface area contributed by atoms with E-state index in [2.05, 4.69) is 27.0 Å². The number of morpholine rings is 1. The molecule has 1 aliphatic heterocycles. The summed E-state index contributed by atoms with van der Waals surface area (Å²) >= 11 is 0. The Hall–Kier alpha value is -2.47. The van der Waals surface area contributed by atoms with Crippen LogP contribution in [0.3, 0.4) is 0 Å². The molecule has 0 unspecified atom stereocenters. The Bertz CT molecular complexity index is 807. The third-order valence-corrected chi connectivity index (χ3v) is 3.98. The maximum Gasteiger partial charge on any atom is 0.148 e. The molecule has 1 aliphatic rings. The van der Waals surface area contributed by atoms with Crippen LogP contribution in [0.15, 0.2) is 36.9 Å². The molecule has 3 aromatic rings. The summed E-state index contributed by atoms with van der Waals surface area (Å²) in [6, 6.07) is 6.14. The zero-order valence-corrected chi connectivity index (χ0v) is 12.4. The average Bonchev–Trinajstić information content (AvgIpc) is 3.01. The number of benzene rings is 1. The fourth-order valence-corrected chi connectivity index (χ4v) is 2.74. The summed E-state index contributed by atoms with van der Waals surface area (Å²) < 4.78 is 7.39. The summed E-state index contributed by atoms with van der Waals surface area (Å²) in [6.45, 7) is 3.22. The third kappa shape index (κ3) is 2.31. The lowest BCUT2D eigenvalue weighted by Gasteiger charge is -2.27. The van der Waals surface area contributed by atoms with Crippen molar-refractivity contribution < 1.29 is 4.74 Å². The number of aromatic nitrogens is 4. The second-order valence-electron chi connectivity index (χ2n) is 5.42. The van der Waals surface area contributed by atoms with Gasteiger partial charge < -0.3 is 14.2 Å². The zero-order chi connectivity index (χ0) is 14.9. The van der Waals surface area contributed by atoms with Crippen molar-refractivity contribution >= 4 is 16.9 Å². The van der Waals surface area contributed by atoms with Gasteiger partial charge in [0.2, 0.25) is 0 Å². The molecule has 6 nitrogen and oxygen atoms in total. The van der Waals surface area contributed by atoms with Crippen molar-refractivity contribution in [3.63, 3.8) is 0 Å². The van der Waals surface area contributed by atoms with Crippen LogP contribution in [0, 0.1) is 0 Å². The van der Waals surface area contributed by atoms with Gasteiger partial charge in [-0.2, -0.15) is 0 Å². The fraction of sp³-hybridized carbons (Fsp3) is 0.312. The molecule has 0 bridgehead atoms. The number of ether oxygens (including phenoxy) is 1. The normalized spacial score (nSPS) is 15.4. The van der Waals surface area contributed by atoms with Gasteiger partial charge in [-0.05, 0) is 12.1 Å². The minimum absolute atomic E-state index is 0.745. The number of hydrogen-bond acceptors (Lipinski definition) is 5. The molecule has 3 heterocycles. The van der Waals surface area contributed by atoms with Gasteiger partial charge >= 0.3 is 0 Å². The number of fused-ring (bicyclic) bond motifs is 1. The van der Waals surface area contributed by atoms with E-state index >= 15 is 0 Å². The van der Waals surface area contributed by atoms with Crippen molar-refractivity contribution in [3.05, 3.63) is 36.9 Å². The molecular weight excluding hydrogens is 278 g/mol. The predicted octanol–water partition coefficient (Wildman–Crippen LogP) is 1.87. The zero-order valence-electron chi connectivity index (χ0n) is 12.4. The molecule has 22 heavy (non-hydrogen) atoms. The third-order valence-electron chi connectivity index (χ3n) is 3.98. The number of anilines is 1. The van der Waals surface area contributed by atoms with E-state index in [1.54, 1.807) is 6.33 Å². The second kappa shape index (κ2) is 5.38. The van der Waals surface area contributed by atoms with Crippen LogP contribution in [0.4, 0.5) is 5.82 Å². The molecule has 0 atom stereocenters. The van der Waals surface area contributed by atoms with Gasteiger partial charge in [-0.3, -0.25) is 4.98 Å². The molecule has 1 aromatic carbocycles. The summed E-state index contributed by atoms with van der Waals surface area (Å²) in [7, 11) is 1.99. The van der Waals surface area contributed by atoms with Gasteiger partial charge in [0, 0.05) is 25.7 Å². The van der Waals surface area contributed by atoms with Crippen LogP contribution in [0.25, 0.3) is 22.3 Å². The number of aryl methyl sites for hydroxylation is 1. The highest BCUT2D eigenvalue weighted by molar-refractivity contribution is 5.81. The Kier molecular flexibility index (Phi) is 3.23. The molecule has 1 fully saturated rings. The van der Waals surface area contributed by atoms with Gasteiger partial charge in [0.1, 0.15) is 5.82 Å². The summed E-state index contributed by atoms with van der Waals surface area (Å²) in [6.07, 6.45) is 5.51. The van der Waals surface area contributed by atoms with Gasteiger partial charge in [0.25, 0.3) is 0 Å². The largest absolute Gasteiger partial charge is 0.378 e. The molecule has 0 amide bonds. The van der Waals surface area contributed by atoms with Crippen LogP contribution in [0.1, 0.15) is 0 Å². The monoisotopic (exact) mass is 295 g/mol. The minimum Gasteiger partial charge on any atom is -0.378 e. The van der Waals surface area contributed by atoms with E-state index < -0.39 is 0 Å². The van der Waals surface area contributed by atoms with Crippen LogP contribution in [0.5, 0.6) is 0 Å². The van der Waals surface area contributed by atoms with Gasteiger partial charge in [0.05, 0.1) is 48.7 Å². The van der Waals surface area contributed by atoms with Crippen molar-refractivity contribution in [2.24, 2.45) is 7.05 Å².